The molecule has 1 saturated heterocycles. The third-order valence-corrected chi connectivity index (χ3v) is 5.40. The van der Waals surface area contributed by atoms with Crippen LogP contribution in [0.5, 0.6) is 0 Å². The number of carbonyl (C=O) groups excluding carboxylic acids is 1. The molecule has 0 aliphatic carbocycles. The first kappa shape index (κ1) is 18.3. The van der Waals surface area contributed by atoms with Gasteiger partial charge in [-0.15, -0.1) is 0 Å². The predicted octanol–water partition coefficient (Wildman–Crippen LogP) is 3.33. The summed E-state index contributed by atoms with van der Waals surface area (Å²) in [6, 6.07) is 13.7. The van der Waals surface area contributed by atoms with Crippen LogP contribution in [0.3, 0.4) is 0 Å². The van der Waals surface area contributed by atoms with Gasteiger partial charge in [0.05, 0.1) is 17.2 Å². The molecule has 3 aromatic rings. The van der Waals surface area contributed by atoms with Gasteiger partial charge in [-0.3, -0.25) is 14.2 Å². The van der Waals surface area contributed by atoms with Crippen LogP contribution in [-0.2, 0) is 11.3 Å². The Morgan fingerprint density at radius 2 is 1.89 bits per heavy atom. The number of aromatic nitrogens is 2. The van der Waals surface area contributed by atoms with Crippen molar-refractivity contribution in [2.75, 3.05) is 13.1 Å². The Morgan fingerprint density at radius 1 is 1.11 bits per heavy atom. The number of carbonyl (C=O) groups is 1. The number of amides is 1. The summed E-state index contributed by atoms with van der Waals surface area (Å²) in [6.45, 7) is 1.24. The van der Waals surface area contributed by atoms with Crippen LogP contribution >= 0.6 is 0 Å². The van der Waals surface area contributed by atoms with E-state index in [9.17, 15) is 14.0 Å². The summed E-state index contributed by atoms with van der Waals surface area (Å²) >= 11 is 0. The first-order chi connectivity index (χ1) is 13.6. The van der Waals surface area contributed by atoms with Crippen LogP contribution in [0.1, 0.15) is 30.7 Å². The SMILES string of the molecule is O=C(Cn1cnc2ccccc2c1=O)N1CCCCC(c2ccc(F)cc2)C1. The molecule has 1 unspecified atom stereocenters. The van der Waals surface area contributed by atoms with E-state index in [-0.39, 0.29) is 29.7 Å². The summed E-state index contributed by atoms with van der Waals surface area (Å²) in [4.78, 5) is 31.7. The minimum Gasteiger partial charge on any atom is -0.341 e. The molecule has 0 saturated carbocycles. The molecular formula is C22H22FN3O2. The quantitative estimate of drug-likeness (QED) is 0.701. The summed E-state index contributed by atoms with van der Waals surface area (Å²) in [6.07, 6.45) is 4.35. The third kappa shape index (κ3) is 3.81. The maximum Gasteiger partial charge on any atom is 0.261 e. The van der Waals surface area contributed by atoms with Gasteiger partial charge in [0.15, 0.2) is 0 Å². The second kappa shape index (κ2) is 7.92. The molecule has 28 heavy (non-hydrogen) atoms. The fourth-order valence-corrected chi connectivity index (χ4v) is 3.84. The van der Waals surface area contributed by atoms with E-state index in [2.05, 4.69) is 4.98 Å². The Labute approximate surface area is 162 Å². The van der Waals surface area contributed by atoms with E-state index in [1.54, 1.807) is 30.3 Å². The van der Waals surface area contributed by atoms with Gasteiger partial charge in [0.25, 0.3) is 5.56 Å². The predicted molar refractivity (Wildman–Crippen MR) is 106 cm³/mol. The molecule has 1 aliphatic heterocycles. The smallest absolute Gasteiger partial charge is 0.261 e. The van der Waals surface area contributed by atoms with Gasteiger partial charge in [-0.25, -0.2) is 9.37 Å². The number of likely N-dealkylation sites (tertiary alicyclic amines) is 1. The number of rotatable bonds is 3. The molecule has 0 bridgehead atoms. The van der Waals surface area contributed by atoms with E-state index < -0.39 is 0 Å². The topological polar surface area (TPSA) is 55.2 Å². The van der Waals surface area contributed by atoms with Gasteiger partial charge in [0.2, 0.25) is 5.91 Å². The number of benzene rings is 2. The zero-order chi connectivity index (χ0) is 19.5. The fraction of sp³-hybridized carbons (Fsp3) is 0.318. The highest BCUT2D eigenvalue weighted by atomic mass is 19.1. The monoisotopic (exact) mass is 379 g/mol. The standard InChI is InChI=1S/C22H22FN3O2/c23-18-10-8-16(9-11-18)17-5-3-4-12-25(13-17)21(27)14-26-15-24-20-7-2-1-6-19(20)22(26)28/h1-2,6-11,15,17H,3-5,12-14H2. The molecule has 1 amide bonds. The van der Waals surface area contributed by atoms with Crippen molar-refractivity contribution < 1.29 is 9.18 Å². The van der Waals surface area contributed by atoms with Crippen LogP contribution in [0.25, 0.3) is 10.9 Å². The molecule has 1 aromatic heterocycles. The molecule has 144 valence electrons. The van der Waals surface area contributed by atoms with Crippen LogP contribution in [-0.4, -0.2) is 33.4 Å². The Bertz CT molecular complexity index is 1050. The summed E-state index contributed by atoms with van der Waals surface area (Å²) < 4.78 is 14.6. The molecule has 0 radical (unpaired) electrons. The van der Waals surface area contributed by atoms with E-state index in [1.165, 1.54) is 23.0 Å². The van der Waals surface area contributed by atoms with Crippen LogP contribution in [0.2, 0.25) is 0 Å². The van der Waals surface area contributed by atoms with E-state index in [4.69, 9.17) is 0 Å². The molecule has 6 heteroatoms. The Hall–Kier alpha value is -3.02. The zero-order valence-corrected chi connectivity index (χ0v) is 15.6. The van der Waals surface area contributed by atoms with Crippen molar-refractivity contribution in [2.45, 2.75) is 31.7 Å². The molecular weight excluding hydrogens is 357 g/mol. The zero-order valence-electron chi connectivity index (χ0n) is 15.6. The summed E-state index contributed by atoms with van der Waals surface area (Å²) in [7, 11) is 0. The number of nitrogens with zero attached hydrogens (tertiary/aromatic N) is 3. The van der Waals surface area contributed by atoms with Crippen molar-refractivity contribution >= 4 is 16.8 Å². The van der Waals surface area contributed by atoms with Crippen LogP contribution in [0.4, 0.5) is 4.39 Å². The minimum absolute atomic E-state index is 0.0210. The molecule has 0 spiro atoms. The van der Waals surface area contributed by atoms with E-state index in [0.717, 1.165) is 24.8 Å². The Morgan fingerprint density at radius 3 is 2.71 bits per heavy atom. The summed E-state index contributed by atoms with van der Waals surface area (Å²) in [5.41, 5.74) is 1.47. The fourth-order valence-electron chi connectivity index (χ4n) is 3.84. The maximum absolute atomic E-state index is 13.2. The molecule has 2 heterocycles. The lowest BCUT2D eigenvalue weighted by molar-refractivity contribution is -0.132. The molecule has 0 N–H and O–H groups in total. The number of hydrogen-bond acceptors (Lipinski definition) is 3. The molecule has 5 nitrogen and oxygen atoms in total. The Balaban J connectivity index is 1.53. The van der Waals surface area contributed by atoms with E-state index in [0.29, 0.717) is 24.0 Å². The molecule has 2 aromatic carbocycles. The second-order valence-electron chi connectivity index (χ2n) is 7.28. The van der Waals surface area contributed by atoms with E-state index in [1.807, 2.05) is 11.0 Å². The van der Waals surface area contributed by atoms with Crippen LogP contribution < -0.4 is 5.56 Å². The molecule has 1 aliphatic rings. The minimum atomic E-state index is -0.256. The second-order valence-corrected chi connectivity index (χ2v) is 7.28. The average molecular weight is 379 g/mol. The van der Waals surface area contributed by atoms with Crippen LogP contribution in [0.15, 0.2) is 59.7 Å². The molecule has 1 atom stereocenters. The van der Waals surface area contributed by atoms with Gasteiger partial charge in [-0.05, 0) is 42.7 Å². The van der Waals surface area contributed by atoms with Crippen molar-refractivity contribution in [1.29, 1.82) is 0 Å². The summed E-state index contributed by atoms with van der Waals surface area (Å²) in [5, 5.41) is 0.512. The van der Waals surface area contributed by atoms with Gasteiger partial charge in [0.1, 0.15) is 12.4 Å². The highest BCUT2D eigenvalue weighted by Crippen LogP contribution is 2.26. The summed E-state index contributed by atoms with van der Waals surface area (Å²) in [5.74, 6) is -0.167. The lowest BCUT2D eigenvalue weighted by Crippen LogP contribution is -2.38. The first-order valence-electron chi connectivity index (χ1n) is 9.59. The van der Waals surface area contributed by atoms with Crippen molar-refractivity contribution in [1.82, 2.24) is 14.5 Å². The number of halogens is 1. The molecule has 1 fully saturated rings. The normalized spacial score (nSPS) is 17.5. The molecule has 4 rings (SSSR count). The lowest BCUT2D eigenvalue weighted by Gasteiger charge is -2.25. The highest BCUT2D eigenvalue weighted by Gasteiger charge is 2.23. The van der Waals surface area contributed by atoms with Gasteiger partial charge in [-0.1, -0.05) is 30.7 Å². The van der Waals surface area contributed by atoms with Crippen molar-refractivity contribution in [3.63, 3.8) is 0 Å². The van der Waals surface area contributed by atoms with E-state index >= 15 is 0 Å². The van der Waals surface area contributed by atoms with Gasteiger partial charge < -0.3 is 4.90 Å². The van der Waals surface area contributed by atoms with Gasteiger partial charge >= 0.3 is 0 Å². The Kier molecular flexibility index (Phi) is 5.19. The largest absolute Gasteiger partial charge is 0.341 e. The number of para-hydroxylation sites is 1. The third-order valence-electron chi connectivity index (χ3n) is 5.40. The lowest BCUT2D eigenvalue weighted by atomic mass is 9.94. The van der Waals surface area contributed by atoms with Crippen LogP contribution in [0, 0.1) is 5.82 Å². The number of hydrogen-bond donors (Lipinski definition) is 0. The van der Waals surface area contributed by atoms with Gasteiger partial charge in [0, 0.05) is 19.0 Å². The van der Waals surface area contributed by atoms with Gasteiger partial charge in [-0.2, -0.15) is 0 Å². The van der Waals surface area contributed by atoms with Crippen molar-refractivity contribution in [3.8, 4) is 0 Å². The maximum atomic E-state index is 13.2. The first-order valence-corrected chi connectivity index (χ1v) is 9.59. The number of fused-ring (bicyclic) bond motifs is 1. The highest BCUT2D eigenvalue weighted by molar-refractivity contribution is 5.79. The van der Waals surface area contributed by atoms with Crippen molar-refractivity contribution in [2.24, 2.45) is 0 Å². The average Bonchev–Trinajstić information content (AvgIpc) is 2.97. The van der Waals surface area contributed by atoms with Crippen molar-refractivity contribution in [3.05, 3.63) is 76.6 Å².